The van der Waals surface area contributed by atoms with Gasteiger partial charge in [-0.3, -0.25) is 4.79 Å². The molecule has 1 fully saturated rings. The molecule has 4 nitrogen and oxygen atoms in total. The molecular weight excluding hydrogens is 324 g/mol. The van der Waals surface area contributed by atoms with E-state index >= 15 is 0 Å². The number of nitrogens with zero attached hydrogens (tertiary/aromatic N) is 2. The zero-order valence-corrected chi connectivity index (χ0v) is 15.3. The molecule has 134 valence electrons. The summed E-state index contributed by atoms with van der Waals surface area (Å²) >= 11 is 0. The summed E-state index contributed by atoms with van der Waals surface area (Å²) in [7, 11) is 1.90. The molecule has 1 atom stereocenters. The molecule has 2 heterocycles. The third-order valence-corrected chi connectivity index (χ3v) is 5.17. The van der Waals surface area contributed by atoms with E-state index < -0.39 is 0 Å². The Morgan fingerprint density at radius 2 is 2.00 bits per heavy atom. The molecule has 1 saturated heterocycles. The van der Waals surface area contributed by atoms with Crippen molar-refractivity contribution in [2.45, 2.75) is 13.3 Å². The Hall–Kier alpha value is -2.75. The van der Waals surface area contributed by atoms with Gasteiger partial charge in [0.25, 0.3) is 5.91 Å². The minimum absolute atomic E-state index is 0.0731. The summed E-state index contributed by atoms with van der Waals surface area (Å²) < 4.78 is 5.59. The van der Waals surface area contributed by atoms with Crippen LogP contribution in [0.1, 0.15) is 22.5 Å². The van der Waals surface area contributed by atoms with Crippen LogP contribution < -0.4 is 4.90 Å². The van der Waals surface area contributed by atoms with E-state index in [-0.39, 0.29) is 5.91 Å². The van der Waals surface area contributed by atoms with E-state index in [0.717, 1.165) is 48.3 Å². The van der Waals surface area contributed by atoms with Gasteiger partial charge in [0.15, 0.2) is 0 Å². The second kappa shape index (κ2) is 6.87. The molecule has 1 aliphatic heterocycles. The lowest BCUT2D eigenvalue weighted by Gasteiger charge is -2.22. The molecule has 2 aromatic carbocycles. The average molecular weight is 348 g/mol. The van der Waals surface area contributed by atoms with Crippen LogP contribution in [-0.2, 0) is 0 Å². The highest BCUT2D eigenvalue weighted by Crippen LogP contribution is 2.25. The van der Waals surface area contributed by atoms with Gasteiger partial charge in [-0.25, -0.2) is 0 Å². The van der Waals surface area contributed by atoms with Crippen molar-refractivity contribution in [1.29, 1.82) is 0 Å². The first-order chi connectivity index (χ1) is 12.6. The van der Waals surface area contributed by atoms with Crippen molar-refractivity contribution in [3.63, 3.8) is 0 Å². The van der Waals surface area contributed by atoms with E-state index in [1.807, 2.05) is 49.2 Å². The van der Waals surface area contributed by atoms with Gasteiger partial charge < -0.3 is 14.2 Å². The van der Waals surface area contributed by atoms with Crippen LogP contribution in [0.4, 0.5) is 5.69 Å². The number of carbonyl (C=O) groups excluding carboxylic acids is 1. The smallest absolute Gasteiger partial charge is 0.253 e. The fraction of sp³-hybridized carbons (Fsp3) is 0.318. The molecule has 1 amide bonds. The van der Waals surface area contributed by atoms with Crippen molar-refractivity contribution >= 4 is 22.6 Å². The predicted molar refractivity (Wildman–Crippen MR) is 105 cm³/mol. The van der Waals surface area contributed by atoms with Gasteiger partial charge in [-0.1, -0.05) is 18.2 Å². The van der Waals surface area contributed by atoms with Crippen LogP contribution in [0, 0.1) is 12.8 Å². The summed E-state index contributed by atoms with van der Waals surface area (Å²) in [4.78, 5) is 17.1. The second-order valence-electron chi connectivity index (χ2n) is 7.23. The first-order valence-corrected chi connectivity index (χ1v) is 9.16. The fourth-order valence-electron chi connectivity index (χ4n) is 3.85. The molecule has 0 N–H and O–H groups in total. The lowest BCUT2D eigenvalue weighted by atomic mass is 10.1. The van der Waals surface area contributed by atoms with E-state index in [1.54, 1.807) is 0 Å². The molecule has 0 aliphatic carbocycles. The van der Waals surface area contributed by atoms with Crippen molar-refractivity contribution in [1.82, 2.24) is 4.90 Å². The van der Waals surface area contributed by atoms with E-state index in [9.17, 15) is 4.79 Å². The van der Waals surface area contributed by atoms with Crippen LogP contribution in [0.2, 0.25) is 0 Å². The van der Waals surface area contributed by atoms with Crippen molar-refractivity contribution in [3.05, 3.63) is 65.9 Å². The van der Waals surface area contributed by atoms with Gasteiger partial charge in [0.1, 0.15) is 11.3 Å². The molecule has 26 heavy (non-hydrogen) atoms. The molecule has 0 unspecified atom stereocenters. The number of anilines is 1. The quantitative estimate of drug-likeness (QED) is 0.704. The number of furan rings is 1. The Morgan fingerprint density at radius 3 is 2.81 bits per heavy atom. The monoisotopic (exact) mass is 348 g/mol. The van der Waals surface area contributed by atoms with E-state index in [0.29, 0.717) is 5.92 Å². The number of benzene rings is 2. The maximum absolute atomic E-state index is 12.8. The number of para-hydroxylation sites is 1. The third-order valence-electron chi connectivity index (χ3n) is 5.17. The summed E-state index contributed by atoms with van der Waals surface area (Å²) in [6.07, 6.45) is 1.12. The summed E-state index contributed by atoms with van der Waals surface area (Å²) in [5.74, 6) is 1.44. The number of rotatable bonds is 4. The number of fused-ring (bicyclic) bond motifs is 1. The molecule has 1 aliphatic rings. The summed E-state index contributed by atoms with van der Waals surface area (Å²) in [6.45, 7) is 4.76. The van der Waals surface area contributed by atoms with Crippen molar-refractivity contribution in [2.24, 2.45) is 5.92 Å². The minimum atomic E-state index is 0.0731. The summed E-state index contributed by atoms with van der Waals surface area (Å²) in [6, 6.07) is 18.1. The lowest BCUT2D eigenvalue weighted by Crippen LogP contribution is -2.33. The van der Waals surface area contributed by atoms with Crippen molar-refractivity contribution in [3.8, 4) is 0 Å². The zero-order valence-electron chi connectivity index (χ0n) is 15.3. The van der Waals surface area contributed by atoms with Crippen LogP contribution in [0.3, 0.4) is 0 Å². The fourth-order valence-corrected chi connectivity index (χ4v) is 3.85. The first kappa shape index (κ1) is 16.7. The molecule has 4 heteroatoms. The van der Waals surface area contributed by atoms with E-state index in [1.165, 1.54) is 5.69 Å². The molecule has 4 rings (SSSR count). The highest BCUT2D eigenvalue weighted by molar-refractivity contribution is 5.97. The Balaban J connectivity index is 1.41. The van der Waals surface area contributed by atoms with Crippen LogP contribution in [0.5, 0.6) is 0 Å². The lowest BCUT2D eigenvalue weighted by molar-refractivity contribution is 0.0776. The minimum Gasteiger partial charge on any atom is -0.461 e. The van der Waals surface area contributed by atoms with Gasteiger partial charge in [-0.05, 0) is 55.7 Å². The topological polar surface area (TPSA) is 36.7 Å². The van der Waals surface area contributed by atoms with E-state index in [2.05, 4.69) is 29.2 Å². The average Bonchev–Trinajstić information content (AvgIpc) is 3.26. The van der Waals surface area contributed by atoms with Crippen LogP contribution in [0.15, 0.2) is 59.0 Å². The van der Waals surface area contributed by atoms with Gasteiger partial charge >= 0.3 is 0 Å². The van der Waals surface area contributed by atoms with Crippen LogP contribution in [-0.4, -0.2) is 37.5 Å². The highest BCUT2D eigenvalue weighted by Gasteiger charge is 2.25. The molecule has 0 radical (unpaired) electrons. The van der Waals surface area contributed by atoms with Gasteiger partial charge in [0.05, 0.1) is 0 Å². The van der Waals surface area contributed by atoms with Gasteiger partial charge in [0, 0.05) is 43.3 Å². The normalized spacial score (nSPS) is 17.0. The molecule has 0 saturated carbocycles. The molecule has 0 spiro atoms. The maximum Gasteiger partial charge on any atom is 0.253 e. The Kier molecular flexibility index (Phi) is 4.41. The van der Waals surface area contributed by atoms with Gasteiger partial charge in [-0.2, -0.15) is 0 Å². The Morgan fingerprint density at radius 1 is 1.19 bits per heavy atom. The zero-order chi connectivity index (χ0) is 18.1. The molecule has 3 aromatic rings. The Labute approximate surface area is 154 Å². The number of aryl methyl sites for hydroxylation is 1. The Bertz CT molecular complexity index is 916. The molecular formula is C22H24N2O2. The van der Waals surface area contributed by atoms with Gasteiger partial charge in [-0.15, -0.1) is 0 Å². The largest absolute Gasteiger partial charge is 0.461 e. The predicted octanol–water partition coefficient (Wildman–Crippen LogP) is 4.34. The number of amides is 1. The van der Waals surface area contributed by atoms with Crippen molar-refractivity contribution < 1.29 is 9.21 Å². The SMILES string of the molecule is Cc1cc2cc(C(=O)N(C)C[C@H]3CCN(c4ccccc4)C3)ccc2o1. The van der Waals surface area contributed by atoms with Crippen LogP contribution >= 0.6 is 0 Å². The number of hydrogen-bond donors (Lipinski definition) is 0. The summed E-state index contributed by atoms with van der Waals surface area (Å²) in [5, 5.41) is 0.984. The molecule has 1 aromatic heterocycles. The summed E-state index contributed by atoms with van der Waals surface area (Å²) in [5.41, 5.74) is 2.82. The highest BCUT2D eigenvalue weighted by atomic mass is 16.3. The van der Waals surface area contributed by atoms with Crippen LogP contribution in [0.25, 0.3) is 11.0 Å². The number of hydrogen-bond acceptors (Lipinski definition) is 3. The first-order valence-electron chi connectivity index (χ1n) is 9.16. The van der Waals surface area contributed by atoms with Crippen molar-refractivity contribution in [2.75, 3.05) is 31.6 Å². The second-order valence-corrected chi connectivity index (χ2v) is 7.23. The molecule has 0 bridgehead atoms. The maximum atomic E-state index is 12.8. The van der Waals surface area contributed by atoms with E-state index in [4.69, 9.17) is 4.42 Å². The van der Waals surface area contributed by atoms with Gasteiger partial charge in [0.2, 0.25) is 0 Å². The number of carbonyl (C=O) groups is 1. The third kappa shape index (κ3) is 3.32. The standard InChI is InChI=1S/C22H24N2O2/c1-16-12-19-13-18(8-9-21(19)26-16)22(25)23(2)14-17-10-11-24(15-17)20-6-4-3-5-7-20/h3-9,12-13,17H,10-11,14-15H2,1-2H3/t17-/m1/s1.